The molecule has 3 aliphatic rings. The zero-order chi connectivity index (χ0) is 25.9. The number of benzene rings is 1. The number of hydrazine groups is 1. The number of hydrogen-bond acceptors (Lipinski definition) is 10. The first kappa shape index (κ1) is 24.8. The van der Waals surface area contributed by atoms with E-state index in [1.54, 1.807) is 12.1 Å². The zero-order valence-electron chi connectivity index (χ0n) is 21.9. The molecule has 3 aliphatic heterocycles. The Labute approximate surface area is 223 Å². The lowest BCUT2D eigenvalue weighted by Crippen LogP contribution is -2.49. The van der Waals surface area contributed by atoms with E-state index in [1.807, 2.05) is 18.3 Å². The molecule has 0 bridgehead atoms. The molecule has 38 heavy (non-hydrogen) atoms. The molecule has 3 aromatic rings. The van der Waals surface area contributed by atoms with Crippen LogP contribution in [-0.2, 0) is 15.9 Å². The molecule has 10 nitrogen and oxygen atoms in total. The Morgan fingerprint density at radius 2 is 1.74 bits per heavy atom. The molecular formula is C28H35N7O3. The molecule has 2 fully saturated rings. The molecule has 0 saturated carbocycles. The maximum atomic E-state index is 10.2. The van der Waals surface area contributed by atoms with Crippen molar-refractivity contribution in [1.29, 1.82) is 0 Å². The number of aromatic nitrogens is 3. The number of pyridine rings is 1. The molecule has 1 aromatic carbocycles. The number of phenolic OH excluding ortho intramolecular Hbond substituents is 1. The average molecular weight is 518 g/mol. The van der Waals surface area contributed by atoms with Crippen LogP contribution < -0.4 is 14.8 Å². The Morgan fingerprint density at radius 1 is 0.947 bits per heavy atom. The minimum absolute atomic E-state index is 0.232. The Morgan fingerprint density at radius 3 is 2.50 bits per heavy atom. The van der Waals surface area contributed by atoms with Crippen LogP contribution in [0.1, 0.15) is 18.9 Å². The van der Waals surface area contributed by atoms with Crippen LogP contribution in [0.5, 0.6) is 5.75 Å². The van der Waals surface area contributed by atoms with Crippen molar-refractivity contribution in [2.75, 3.05) is 80.5 Å². The van der Waals surface area contributed by atoms with Gasteiger partial charge in [-0.05, 0) is 31.0 Å². The summed E-state index contributed by atoms with van der Waals surface area (Å²) in [5, 5.41) is 14.8. The third kappa shape index (κ3) is 4.99. The largest absolute Gasteiger partial charge is 0.508 e. The molecule has 6 rings (SSSR count). The van der Waals surface area contributed by atoms with Crippen LogP contribution in [0, 0.1) is 0 Å². The first-order valence-corrected chi connectivity index (χ1v) is 13.6. The van der Waals surface area contributed by atoms with Gasteiger partial charge in [-0.1, -0.05) is 19.1 Å². The summed E-state index contributed by atoms with van der Waals surface area (Å²) in [6, 6.07) is 11.6. The number of aromatic hydroxyl groups is 1. The Hall–Kier alpha value is -3.47. The van der Waals surface area contributed by atoms with E-state index in [9.17, 15) is 5.11 Å². The number of hydrogen-bond donors (Lipinski definition) is 1. The van der Waals surface area contributed by atoms with E-state index in [0.717, 1.165) is 99.5 Å². The molecule has 0 atom stereocenters. The van der Waals surface area contributed by atoms with Gasteiger partial charge in [0.1, 0.15) is 17.4 Å². The third-order valence-electron chi connectivity index (χ3n) is 7.30. The molecule has 5 heterocycles. The molecule has 2 saturated heterocycles. The molecule has 0 unspecified atom stereocenters. The molecule has 0 spiro atoms. The highest BCUT2D eigenvalue weighted by molar-refractivity contribution is 5.78. The topological polar surface area (TPSA) is 90.3 Å². The summed E-state index contributed by atoms with van der Waals surface area (Å²) >= 11 is 0. The molecule has 1 N–H and O–H groups in total. The number of nitrogens with zero attached hydrogens (tertiary/aromatic N) is 7. The van der Waals surface area contributed by atoms with Crippen molar-refractivity contribution in [2.45, 2.75) is 19.8 Å². The van der Waals surface area contributed by atoms with Crippen molar-refractivity contribution >= 4 is 23.3 Å². The monoisotopic (exact) mass is 517 g/mol. The standard InChI is InChI=1S/C28H35N7O3/c1-2-9-35(33-13-17-38-18-14-33)25-20-22(6-8-29-25)34-10-7-24-26(21-4-3-5-23(36)19-21)30-28(31-27(24)34)32-11-15-37-16-12-32/h3-6,8,19-20,36H,2,7,9-18H2,1H3. The highest BCUT2D eigenvalue weighted by Gasteiger charge is 2.30. The van der Waals surface area contributed by atoms with E-state index in [2.05, 4.69) is 38.9 Å². The Bertz CT molecular complexity index is 1260. The molecule has 0 radical (unpaired) electrons. The SMILES string of the molecule is CCCN(c1cc(N2CCc3c(-c4cccc(O)c4)nc(N4CCOCC4)nc32)ccn1)N1CCOCC1. The first-order valence-electron chi connectivity index (χ1n) is 13.6. The van der Waals surface area contributed by atoms with Gasteiger partial charge in [0.15, 0.2) is 0 Å². The van der Waals surface area contributed by atoms with Crippen LogP contribution in [0.2, 0.25) is 0 Å². The van der Waals surface area contributed by atoms with Crippen LogP contribution in [0.25, 0.3) is 11.3 Å². The van der Waals surface area contributed by atoms with Crippen LogP contribution in [0.15, 0.2) is 42.6 Å². The summed E-state index contributed by atoms with van der Waals surface area (Å²) in [5.41, 5.74) is 3.95. The van der Waals surface area contributed by atoms with Gasteiger partial charge in [0, 0.05) is 68.3 Å². The van der Waals surface area contributed by atoms with Gasteiger partial charge in [0.25, 0.3) is 0 Å². The number of morpholine rings is 2. The summed E-state index contributed by atoms with van der Waals surface area (Å²) < 4.78 is 11.2. The van der Waals surface area contributed by atoms with Gasteiger partial charge in [-0.3, -0.25) is 5.01 Å². The second-order valence-corrected chi connectivity index (χ2v) is 9.79. The maximum absolute atomic E-state index is 10.2. The van der Waals surface area contributed by atoms with Crippen molar-refractivity contribution in [1.82, 2.24) is 20.0 Å². The normalized spacial score (nSPS) is 18.0. The highest BCUT2D eigenvalue weighted by Crippen LogP contribution is 2.40. The fourth-order valence-corrected chi connectivity index (χ4v) is 5.42. The van der Waals surface area contributed by atoms with Crippen LogP contribution in [-0.4, -0.2) is 90.8 Å². The molecule has 200 valence electrons. The lowest BCUT2D eigenvalue weighted by atomic mass is 10.1. The van der Waals surface area contributed by atoms with Crippen molar-refractivity contribution < 1.29 is 14.6 Å². The summed E-state index contributed by atoms with van der Waals surface area (Å²) in [6.45, 7) is 9.92. The van der Waals surface area contributed by atoms with Crippen molar-refractivity contribution in [3.05, 3.63) is 48.2 Å². The van der Waals surface area contributed by atoms with Gasteiger partial charge >= 0.3 is 0 Å². The van der Waals surface area contributed by atoms with Gasteiger partial charge in [-0.25, -0.2) is 15.0 Å². The lowest BCUT2D eigenvalue weighted by Gasteiger charge is -2.38. The summed E-state index contributed by atoms with van der Waals surface area (Å²) in [7, 11) is 0. The van der Waals surface area contributed by atoms with Gasteiger partial charge in [-0.2, -0.15) is 4.98 Å². The molecule has 0 aliphatic carbocycles. The minimum atomic E-state index is 0.232. The van der Waals surface area contributed by atoms with Crippen LogP contribution in [0.4, 0.5) is 23.3 Å². The second kappa shape index (κ2) is 11.1. The molecule has 0 amide bonds. The van der Waals surface area contributed by atoms with Crippen LogP contribution >= 0.6 is 0 Å². The predicted molar refractivity (Wildman–Crippen MR) is 147 cm³/mol. The van der Waals surface area contributed by atoms with Crippen molar-refractivity contribution in [3.8, 4) is 17.0 Å². The summed E-state index contributed by atoms with van der Waals surface area (Å²) in [4.78, 5) is 19.4. The smallest absolute Gasteiger partial charge is 0.228 e. The Kier molecular flexibility index (Phi) is 7.26. The molecule has 2 aromatic heterocycles. The maximum Gasteiger partial charge on any atom is 0.228 e. The summed E-state index contributed by atoms with van der Waals surface area (Å²) in [5.74, 6) is 2.80. The predicted octanol–water partition coefficient (Wildman–Crippen LogP) is 3.24. The second-order valence-electron chi connectivity index (χ2n) is 9.79. The fraction of sp³-hybridized carbons (Fsp3) is 0.464. The van der Waals surface area contributed by atoms with E-state index in [-0.39, 0.29) is 5.75 Å². The third-order valence-corrected chi connectivity index (χ3v) is 7.30. The quantitative estimate of drug-likeness (QED) is 0.504. The number of anilines is 4. The minimum Gasteiger partial charge on any atom is -0.508 e. The van der Waals surface area contributed by atoms with E-state index >= 15 is 0 Å². The van der Waals surface area contributed by atoms with Gasteiger partial charge < -0.3 is 24.4 Å². The summed E-state index contributed by atoms with van der Waals surface area (Å²) in [6.07, 6.45) is 3.74. The number of phenols is 1. The van der Waals surface area contributed by atoms with Crippen molar-refractivity contribution in [3.63, 3.8) is 0 Å². The zero-order valence-corrected chi connectivity index (χ0v) is 21.9. The van der Waals surface area contributed by atoms with Crippen LogP contribution in [0.3, 0.4) is 0 Å². The van der Waals surface area contributed by atoms with Gasteiger partial charge in [0.2, 0.25) is 5.95 Å². The van der Waals surface area contributed by atoms with Crippen molar-refractivity contribution in [2.24, 2.45) is 0 Å². The lowest BCUT2D eigenvalue weighted by molar-refractivity contribution is 0.0312. The number of fused-ring (bicyclic) bond motifs is 1. The number of ether oxygens (including phenoxy) is 2. The molecular weight excluding hydrogens is 482 g/mol. The average Bonchev–Trinajstić information content (AvgIpc) is 3.40. The first-order chi connectivity index (χ1) is 18.7. The fourth-order valence-electron chi connectivity index (χ4n) is 5.42. The van der Waals surface area contributed by atoms with Gasteiger partial charge in [-0.15, -0.1) is 0 Å². The van der Waals surface area contributed by atoms with E-state index in [4.69, 9.17) is 24.4 Å². The van der Waals surface area contributed by atoms with E-state index in [0.29, 0.717) is 19.2 Å². The Balaban J connectivity index is 1.39. The van der Waals surface area contributed by atoms with Gasteiger partial charge in [0.05, 0.1) is 32.1 Å². The highest BCUT2D eigenvalue weighted by atomic mass is 16.5. The number of rotatable bonds is 7. The molecule has 10 heteroatoms. The van der Waals surface area contributed by atoms with E-state index in [1.165, 1.54) is 0 Å². The van der Waals surface area contributed by atoms with E-state index < -0.39 is 0 Å².